The van der Waals surface area contributed by atoms with Crippen LogP contribution in [-0.4, -0.2) is 83.4 Å². The summed E-state index contributed by atoms with van der Waals surface area (Å²) in [5.74, 6) is 0.657. The molecule has 26 heavy (non-hydrogen) atoms. The van der Waals surface area contributed by atoms with Crippen LogP contribution in [0.4, 0.5) is 0 Å². The van der Waals surface area contributed by atoms with Crippen molar-refractivity contribution in [3.05, 3.63) is 30.1 Å². The molecule has 2 saturated heterocycles. The fraction of sp³-hybridized carbons (Fsp3) is 0.556. The minimum atomic E-state index is -0.250. The molecule has 2 atom stereocenters. The predicted molar refractivity (Wildman–Crippen MR) is 95.1 cm³/mol. The molecule has 8 heteroatoms. The second-order valence-electron chi connectivity index (χ2n) is 6.85. The standard InChI is InChI=1S/C17H24N4O2.CH2O2/c1-19(9-13-3-6-18-7-4-13)12-16(22)21-10-14-5-8-20(2)17(23)15(14)11-21;2-1-3/h3-4,6-7,14-15H,5,8-12H2,1-2H3;1H,(H,2,3)/t14-,15+;/m1./s1. The predicted octanol–water partition coefficient (Wildman–Crippen LogP) is 0.151. The number of likely N-dealkylation sites (tertiary alicyclic amines) is 2. The second kappa shape index (κ2) is 9.28. The molecule has 1 aromatic heterocycles. The Morgan fingerprint density at radius 3 is 2.69 bits per heavy atom. The minimum absolute atomic E-state index is 0.00297. The fourth-order valence-electron chi connectivity index (χ4n) is 3.59. The summed E-state index contributed by atoms with van der Waals surface area (Å²) in [6.45, 7) is 2.97. The molecule has 0 radical (unpaired) electrons. The lowest BCUT2D eigenvalue weighted by Crippen LogP contribution is -2.43. The molecular weight excluding hydrogens is 336 g/mol. The zero-order chi connectivity index (χ0) is 19.1. The van der Waals surface area contributed by atoms with Crippen molar-refractivity contribution in [2.45, 2.75) is 13.0 Å². The molecule has 0 saturated carbocycles. The van der Waals surface area contributed by atoms with Gasteiger partial charge < -0.3 is 14.9 Å². The van der Waals surface area contributed by atoms with Crippen molar-refractivity contribution in [2.75, 3.05) is 40.3 Å². The number of piperidine rings is 1. The van der Waals surface area contributed by atoms with Gasteiger partial charge in [-0.15, -0.1) is 0 Å². The van der Waals surface area contributed by atoms with Crippen molar-refractivity contribution in [1.82, 2.24) is 19.7 Å². The summed E-state index contributed by atoms with van der Waals surface area (Å²) in [7, 11) is 3.80. The van der Waals surface area contributed by atoms with Gasteiger partial charge in [-0.1, -0.05) is 0 Å². The van der Waals surface area contributed by atoms with Gasteiger partial charge in [-0.05, 0) is 37.1 Å². The number of fused-ring (bicyclic) bond motifs is 1. The SMILES string of the molecule is CN(CC(=O)N1C[C@H]2CCN(C)C(=O)[C@H]2C1)Cc1ccncc1.O=CO. The Bertz CT molecular complexity index is 625. The maximum absolute atomic E-state index is 12.5. The van der Waals surface area contributed by atoms with Crippen molar-refractivity contribution in [3.63, 3.8) is 0 Å². The van der Waals surface area contributed by atoms with E-state index in [1.807, 2.05) is 36.0 Å². The van der Waals surface area contributed by atoms with Crippen LogP contribution in [0.15, 0.2) is 24.5 Å². The average Bonchev–Trinajstić information content (AvgIpc) is 3.05. The van der Waals surface area contributed by atoms with Crippen LogP contribution in [0.1, 0.15) is 12.0 Å². The van der Waals surface area contributed by atoms with Gasteiger partial charge in [-0.2, -0.15) is 0 Å². The fourth-order valence-corrected chi connectivity index (χ4v) is 3.59. The summed E-state index contributed by atoms with van der Waals surface area (Å²) in [6.07, 6.45) is 4.53. The molecule has 2 fully saturated rings. The molecule has 8 nitrogen and oxygen atoms in total. The number of amides is 2. The van der Waals surface area contributed by atoms with E-state index in [9.17, 15) is 9.59 Å². The third-order valence-corrected chi connectivity index (χ3v) is 4.93. The molecule has 1 N–H and O–H groups in total. The third kappa shape index (κ3) is 5.01. The highest BCUT2D eigenvalue weighted by Gasteiger charge is 2.43. The van der Waals surface area contributed by atoms with E-state index in [1.54, 1.807) is 17.3 Å². The lowest BCUT2D eigenvalue weighted by atomic mass is 9.88. The molecule has 142 valence electrons. The van der Waals surface area contributed by atoms with Crippen molar-refractivity contribution in [2.24, 2.45) is 11.8 Å². The highest BCUT2D eigenvalue weighted by atomic mass is 16.3. The van der Waals surface area contributed by atoms with E-state index in [0.29, 0.717) is 19.0 Å². The number of likely N-dealkylation sites (N-methyl/N-ethyl adjacent to an activating group) is 1. The number of nitrogens with zero attached hydrogens (tertiary/aromatic N) is 4. The quantitative estimate of drug-likeness (QED) is 0.767. The monoisotopic (exact) mass is 362 g/mol. The normalized spacial score (nSPS) is 21.9. The van der Waals surface area contributed by atoms with Gasteiger partial charge in [-0.3, -0.25) is 24.3 Å². The third-order valence-electron chi connectivity index (χ3n) is 4.93. The van der Waals surface area contributed by atoms with E-state index in [0.717, 1.165) is 31.6 Å². The zero-order valence-electron chi connectivity index (χ0n) is 15.2. The highest BCUT2D eigenvalue weighted by molar-refractivity contribution is 5.83. The first-order valence-electron chi connectivity index (χ1n) is 8.64. The van der Waals surface area contributed by atoms with Crippen LogP contribution in [0.25, 0.3) is 0 Å². The molecule has 3 rings (SSSR count). The first kappa shape index (κ1) is 19.8. The Morgan fingerprint density at radius 2 is 2.04 bits per heavy atom. The van der Waals surface area contributed by atoms with Crippen LogP contribution in [0.5, 0.6) is 0 Å². The first-order chi connectivity index (χ1) is 12.5. The van der Waals surface area contributed by atoms with E-state index < -0.39 is 0 Å². The molecule has 0 bridgehead atoms. The molecule has 2 aliphatic rings. The summed E-state index contributed by atoms with van der Waals surface area (Å²) in [4.78, 5) is 42.8. The van der Waals surface area contributed by atoms with Gasteiger partial charge >= 0.3 is 0 Å². The summed E-state index contributed by atoms with van der Waals surface area (Å²) >= 11 is 0. The van der Waals surface area contributed by atoms with Gasteiger partial charge in [0.1, 0.15) is 0 Å². The molecule has 3 heterocycles. The number of rotatable bonds is 4. The average molecular weight is 362 g/mol. The Balaban J connectivity index is 0.000000758. The Hall–Kier alpha value is -2.48. The Labute approximate surface area is 153 Å². The zero-order valence-corrected chi connectivity index (χ0v) is 15.2. The number of hydrogen-bond acceptors (Lipinski definition) is 5. The lowest BCUT2D eigenvalue weighted by Gasteiger charge is -2.30. The van der Waals surface area contributed by atoms with E-state index >= 15 is 0 Å². The Kier molecular flexibility index (Phi) is 7.08. The van der Waals surface area contributed by atoms with E-state index in [2.05, 4.69) is 4.98 Å². The van der Waals surface area contributed by atoms with Crippen LogP contribution in [0.3, 0.4) is 0 Å². The molecular formula is C18H26N4O4. The van der Waals surface area contributed by atoms with Crippen LogP contribution in [0, 0.1) is 11.8 Å². The molecule has 0 aliphatic carbocycles. The van der Waals surface area contributed by atoms with E-state index in [1.165, 1.54) is 0 Å². The number of hydrogen-bond donors (Lipinski definition) is 1. The van der Waals surface area contributed by atoms with Gasteiger partial charge in [-0.25, -0.2) is 0 Å². The summed E-state index contributed by atoms with van der Waals surface area (Å²) in [5, 5.41) is 6.89. The number of aromatic nitrogens is 1. The number of carbonyl (C=O) groups excluding carboxylic acids is 2. The Morgan fingerprint density at radius 1 is 1.38 bits per heavy atom. The topological polar surface area (TPSA) is 94.1 Å². The van der Waals surface area contributed by atoms with Crippen molar-refractivity contribution >= 4 is 18.3 Å². The van der Waals surface area contributed by atoms with Gasteiger partial charge in [0.2, 0.25) is 11.8 Å². The van der Waals surface area contributed by atoms with Crippen molar-refractivity contribution in [3.8, 4) is 0 Å². The van der Waals surface area contributed by atoms with E-state index in [-0.39, 0.29) is 24.2 Å². The van der Waals surface area contributed by atoms with Gasteiger partial charge in [0.15, 0.2) is 0 Å². The summed E-state index contributed by atoms with van der Waals surface area (Å²) in [6, 6.07) is 3.92. The molecule has 0 spiro atoms. The number of carboxylic acid groups (broad SMARTS) is 1. The maximum Gasteiger partial charge on any atom is 0.290 e. The number of carbonyl (C=O) groups is 3. The molecule has 2 amide bonds. The van der Waals surface area contributed by atoms with Crippen LogP contribution >= 0.6 is 0 Å². The van der Waals surface area contributed by atoms with Crippen molar-refractivity contribution in [1.29, 1.82) is 0 Å². The van der Waals surface area contributed by atoms with Gasteiger partial charge in [0.25, 0.3) is 6.47 Å². The molecule has 0 aromatic carbocycles. The number of pyridine rings is 1. The maximum atomic E-state index is 12.5. The molecule has 1 aromatic rings. The molecule has 2 aliphatic heterocycles. The van der Waals surface area contributed by atoms with Gasteiger partial charge in [0, 0.05) is 45.6 Å². The lowest BCUT2D eigenvalue weighted by molar-refractivity contribution is -0.138. The van der Waals surface area contributed by atoms with Crippen LogP contribution in [0.2, 0.25) is 0 Å². The minimum Gasteiger partial charge on any atom is -0.483 e. The van der Waals surface area contributed by atoms with Crippen LogP contribution < -0.4 is 0 Å². The highest BCUT2D eigenvalue weighted by Crippen LogP contribution is 2.31. The second-order valence-corrected chi connectivity index (χ2v) is 6.85. The van der Waals surface area contributed by atoms with Gasteiger partial charge in [0.05, 0.1) is 12.5 Å². The molecule has 0 unspecified atom stereocenters. The first-order valence-corrected chi connectivity index (χ1v) is 8.64. The summed E-state index contributed by atoms with van der Waals surface area (Å²) in [5.41, 5.74) is 1.14. The van der Waals surface area contributed by atoms with E-state index in [4.69, 9.17) is 9.90 Å². The smallest absolute Gasteiger partial charge is 0.290 e. The summed E-state index contributed by atoms with van der Waals surface area (Å²) < 4.78 is 0. The van der Waals surface area contributed by atoms with Crippen molar-refractivity contribution < 1.29 is 19.5 Å². The largest absolute Gasteiger partial charge is 0.483 e. The van der Waals surface area contributed by atoms with Crippen LogP contribution in [-0.2, 0) is 20.9 Å².